The summed E-state index contributed by atoms with van der Waals surface area (Å²) >= 11 is 0. The summed E-state index contributed by atoms with van der Waals surface area (Å²) in [6.07, 6.45) is 2.84. The first kappa shape index (κ1) is 20.6. The highest BCUT2D eigenvalue weighted by atomic mass is 16.5. The second-order valence-corrected chi connectivity index (χ2v) is 7.08. The number of rotatable bonds is 8. The van der Waals surface area contributed by atoms with E-state index in [1.807, 2.05) is 35.2 Å². The van der Waals surface area contributed by atoms with Crippen molar-refractivity contribution in [1.29, 1.82) is 0 Å². The molecule has 1 saturated heterocycles. The van der Waals surface area contributed by atoms with Crippen LogP contribution in [0, 0.1) is 0 Å². The molecule has 1 aliphatic heterocycles. The van der Waals surface area contributed by atoms with Gasteiger partial charge in [-0.05, 0) is 42.7 Å². The van der Waals surface area contributed by atoms with Crippen LogP contribution in [0.3, 0.4) is 0 Å². The van der Waals surface area contributed by atoms with Gasteiger partial charge >= 0.3 is 5.97 Å². The van der Waals surface area contributed by atoms with Gasteiger partial charge in [0.05, 0.1) is 13.0 Å². The van der Waals surface area contributed by atoms with Crippen LogP contribution in [-0.2, 0) is 20.7 Å². The molecule has 2 aromatic carbocycles. The average molecular weight is 394 g/mol. The number of nitrogens with zero attached hydrogens (tertiary/aromatic N) is 1. The largest absolute Gasteiger partial charge is 0.465 e. The van der Waals surface area contributed by atoms with Gasteiger partial charge in [0, 0.05) is 37.2 Å². The van der Waals surface area contributed by atoms with Gasteiger partial charge in [0.25, 0.3) is 5.91 Å². The lowest BCUT2D eigenvalue weighted by atomic mass is 10.1. The maximum absolute atomic E-state index is 12.3. The number of hydrogen-bond acceptors (Lipinski definition) is 4. The minimum Gasteiger partial charge on any atom is -0.465 e. The van der Waals surface area contributed by atoms with Gasteiger partial charge < -0.3 is 15.0 Å². The zero-order valence-electron chi connectivity index (χ0n) is 16.4. The van der Waals surface area contributed by atoms with Crippen LogP contribution in [0.25, 0.3) is 0 Å². The van der Waals surface area contributed by atoms with Crippen LogP contribution in [0.1, 0.15) is 41.6 Å². The van der Waals surface area contributed by atoms with E-state index in [4.69, 9.17) is 4.74 Å². The van der Waals surface area contributed by atoms with Crippen LogP contribution < -0.4 is 5.32 Å². The lowest BCUT2D eigenvalue weighted by Gasteiger charge is -2.15. The normalized spacial score (nSPS) is 13.2. The lowest BCUT2D eigenvalue weighted by molar-refractivity contribution is -0.144. The van der Waals surface area contributed by atoms with Crippen molar-refractivity contribution in [2.24, 2.45) is 0 Å². The molecule has 6 heteroatoms. The van der Waals surface area contributed by atoms with E-state index in [0.29, 0.717) is 24.3 Å². The van der Waals surface area contributed by atoms with E-state index in [1.54, 1.807) is 24.3 Å². The van der Waals surface area contributed by atoms with Crippen molar-refractivity contribution in [2.45, 2.75) is 32.1 Å². The van der Waals surface area contributed by atoms with Crippen molar-refractivity contribution in [1.82, 2.24) is 4.90 Å². The van der Waals surface area contributed by atoms with E-state index >= 15 is 0 Å². The fourth-order valence-electron chi connectivity index (χ4n) is 3.24. The highest BCUT2D eigenvalue weighted by Gasteiger charge is 2.19. The first-order valence-corrected chi connectivity index (χ1v) is 10.0. The summed E-state index contributed by atoms with van der Waals surface area (Å²) in [6.45, 7) is 1.91. The molecule has 0 unspecified atom stereocenters. The molecule has 0 bridgehead atoms. The van der Waals surface area contributed by atoms with Gasteiger partial charge in [0.2, 0.25) is 5.91 Å². The number of hydrogen-bond donors (Lipinski definition) is 1. The number of amides is 2. The minimum absolute atomic E-state index is 0.0265. The van der Waals surface area contributed by atoms with Gasteiger partial charge in [-0.1, -0.05) is 30.3 Å². The van der Waals surface area contributed by atoms with E-state index in [9.17, 15) is 14.4 Å². The molecule has 0 spiro atoms. The molecule has 1 aliphatic rings. The number of carbonyl (C=O) groups is 3. The van der Waals surface area contributed by atoms with Crippen LogP contribution in [-0.4, -0.2) is 42.4 Å². The quantitative estimate of drug-likeness (QED) is 0.696. The van der Waals surface area contributed by atoms with E-state index in [0.717, 1.165) is 31.5 Å². The Morgan fingerprint density at radius 1 is 0.897 bits per heavy atom. The van der Waals surface area contributed by atoms with Crippen molar-refractivity contribution in [3.05, 3.63) is 65.7 Å². The van der Waals surface area contributed by atoms with E-state index < -0.39 is 0 Å². The molecule has 0 radical (unpaired) electrons. The minimum atomic E-state index is -0.386. The summed E-state index contributed by atoms with van der Waals surface area (Å²) in [6, 6.07) is 16.6. The molecule has 0 saturated carbocycles. The molecule has 152 valence electrons. The highest BCUT2D eigenvalue weighted by molar-refractivity contribution is 5.96. The topological polar surface area (TPSA) is 75.7 Å². The van der Waals surface area contributed by atoms with Crippen molar-refractivity contribution in [3.8, 4) is 0 Å². The van der Waals surface area contributed by atoms with Crippen molar-refractivity contribution >= 4 is 23.5 Å². The third-order valence-electron chi connectivity index (χ3n) is 4.86. The molecule has 0 atom stereocenters. The Morgan fingerprint density at radius 3 is 2.28 bits per heavy atom. The summed E-state index contributed by atoms with van der Waals surface area (Å²) < 4.78 is 5.18. The monoisotopic (exact) mass is 394 g/mol. The molecule has 2 amide bonds. The highest BCUT2D eigenvalue weighted by Crippen LogP contribution is 2.15. The maximum Gasteiger partial charge on any atom is 0.306 e. The van der Waals surface area contributed by atoms with E-state index in [-0.39, 0.29) is 30.6 Å². The van der Waals surface area contributed by atoms with Crippen LogP contribution in [0.15, 0.2) is 54.6 Å². The number of esters is 1. The maximum atomic E-state index is 12.3. The van der Waals surface area contributed by atoms with Gasteiger partial charge in [-0.3, -0.25) is 14.4 Å². The molecule has 0 aromatic heterocycles. The summed E-state index contributed by atoms with van der Waals surface area (Å²) in [5.74, 6) is -0.620. The molecular formula is C23H26N2O4. The zero-order valence-corrected chi connectivity index (χ0v) is 16.4. The third-order valence-corrected chi connectivity index (χ3v) is 4.86. The number of likely N-dealkylation sites (tertiary alicyclic amines) is 1. The number of anilines is 1. The van der Waals surface area contributed by atoms with Gasteiger partial charge in [-0.2, -0.15) is 0 Å². The second-order valence-electron chi connectivity index (χ2n) is 7.08. The van der Waals surface area contributed by atoms with Crippen LogP contribution in [0.2, 0.25) is 0 Å². The summed E-state index contributed by atoms with van der Waals surface area (Å²) in [7, 11) is 0. The first-order chi connectivity index (χ1) is 14.1. The average Bonchev–Trinajstić information content (AvgIpc) is 3.28. The number of benzene rings is 2. The molecule has 2 aromatic rings. The first-order valence-electron chi connectivity index (χ1n) is 10.0. The van der Waals surface area contributed by atoms with Crippen molar-refractivity contribution < 1.29 is 19.1 Å². The Morgan fingerprint density at radius 2 is 1.59 bits per heavy atom. The molecular weight excluding hydrogens is 368 g/mol. The molecule has 1 N–H and O–H groups in total. The molecule has 29 heavy (non-hydrogen) atoms. The van der Waals surface area contributed by atoms with E-state index in [1.165, 1.54) is 0 Å². The van der Waals surface area contributed by atoms with Crippen LogP contribution in [0.4, 0.5) is 5.69 Å². The van der Waals surface area contributed by atoms with E-state index in [2.05, 4.69) is 5.32 Å². The predicted octanol–water partition coefficient (Wildman–Crippen LogP) is 3.43. The molecule has 6 nitrogen and oxygen atoms in total. The van der Waals surface area contributed by atoms with Gasteiger partial charge in [0.1, 0.15) is 0 Å². The third kappa shape index (κ3) is 6.45. The Balaban J connectivity index is 1.36. The fourth-order valence-corrected chi connectivity index (χ4v) is 3.24. The SMILES string of the molecule is O=C(CCC(=O)OCCc1ccccc1)Nc1ccc(C(=O)N2CCCC2)cc1. The van der Waals surface area contributed by atoms with Gasteiger partial charge in [0.15, 0.2) is 0 Å². The Kier molecular flexibility index (Phi) is 7.39. The lowest BCUT2D eigenvalue weighted by Crippen LogP contribution is -2.27. The summed E-state index contributed by atoms with van der Waals surface area (Å²) in [5.41, 5.74) is 2.32. The number of carbonyl (C=O) groups excluding carboxylic acids is 3. The number of ether oxygens (including phenoxy) is 1. The van der Waals surface area contributed by atoms with Crippen molar-refractivity contribution in [2.75, 3.05) is 25.0 Å². The zero-order chi connectivity index (χ0) is 20.5. The second kappa shape index (κ2) is 10.4. The molecule has 3 rings (SSSR count). The Labute approximate surface area is 170 Å². The predicted molar refractivity (Wildman–Crippen MR) is 111 cm³/mol. The summed E-state index contributed by atoms with van der Waals surface area (Å²) in [5, 5.41) is 2.74. The van der Waals surface area contributed by atoms with Gasteiger partial charge in [-0.25, -0.2) is 0 Å². The Hall–Kier alpha value is -3.15. The fraction of sp³-hybridized carbons (Fsp3) is 0.348. The molecule has 0 aliphatic carbocycles. The Bertz CT molecular complexity index is 828. The summed E-state index contributed by atoms with van der Waals surface area (Å²) in [4.78, 5) is 38.0. The molecule has 1 fully saturated rings. The van der Waals surface area contributed by atoms with Crippen LogP contribution in [0.5, 0.6) is 0 Å². The van der Waals surface area contributed by atoms with Crippen molar-refractivity contribution in [3.63, 3.8) is 0 Å². The standard InChI is InChI=1S/C23H26N2O4/c26-21(12-13-22(27)29-17-14-18-6-2-1-3-7-18)24-20-10-8-19(9-11-20)23(28)25-15-4-5-16-25/h1-3,6-11H,4-5,12-17H2,(H,24,26). The molecule has 1 heterocycles. The smallest absolute Gasteiger partial charge is 0.306 e. The number of nitrogens with one attached hydrogen (secondary N) is 1. The van der Waals surface area contributed by atoms with Crippen LogP contribution >= 0.6 is 0 Å². The van der Waals surface area contributed by atoms with Gasteiger partial charge in [-0.15, -0.1) is 0 Å².